The van der Waals surface area contributed by atoms with E-state index in [1.54, 1.807) is 0 Å². The summed E-state index contributed by atoms with van der Waals surface area (Å²) in [7, 11) is 0. The van der Waals surface area contributed by atoms with E-state index in [4.69, 9.17) is 5.11 Å². The van der Waals surface area contributed by atoms with Crippen molar-refractivity contribution >= 4 is 23.4 Å². The molecule has 2 N–H and O–H groups in total. The third-order valence-corrected chi connectivity index (χ3v) is 2.57. The second-order valence-corrected chi connectivity index (χ2v) is 3.72. The van der Waals surface area contributed by atoms with Crippen molar-refractivity contribution in [2.24, 2.45) is 0 Å². The van der Waals surface area contributed by atoms with Gasteiger partial charge in [-0.3, -0.25) is 0 Å². The molecule has 2 heterocycles. The summed E-state index contributed by atoms with van der Waals surface area (Å²) in [6.07, 6.45) is 4.39. The van der Waals surface area contributed by atoms with E-state index >= 15 is 0 Å². The average molecular weight is 220 g/mol. The van der Waals surface area contributed by atoms with E-state index < -0.39 is 5.97 Å². The molecule has 0 radical (unpaired) electrons. The van der Waals surface area contributed by atoms with Crippen LogP contribution in [0.5, 0.6) is 0 Å². The van der Waals surface area contributed by atoms with E-state index in [9.17, 15) is 4.79 Å². The van der Waals surface area contributed by atoms with Crippen LogP contribution in [0.3, 0.4) is 0 Å². The maximum atomic E-state index is 10.3. The van der Waals surface area contributed by atoms with Crippen LogP contribution in [0.25, 0.3) is 17.5 Å². The van der Waals surface area contributed by atoms with Gasteiger partial charge in [0.2, 0.25) is 0 Å². The number of carboxylic acid groups (broad SMARTS) is 1. The fourth-order valence-corrected chi connectivity index (χ4v) is 1.83. The fourth-order valence-electron chi connectivity index (χ4n) is 1.12. The number of aliphatic carboxylic acids is 1. The van der Waals surface area contributed by atoms with E-state index in [2.05, 4.69) is 9.97 Å². The number of aromatic amines is 1. The zero-order valence-corrected chi connectivity index (χ0v) is 8.49. The van der Waals surface area contributed by atoms with Crippen molar-refractivity contribution in [1.29, 1.82) is 0 Å². The molecule has 2 aromatic rings. The van der Waals surface area contributed by atoms with Crippen molar-refractivity contribution in [3.05, 3.63) is 34.8 Å². The second kappa shape index (κ2) is 4.10. The average Bonchev–Trinajstić information content (AvgIpc) is 2.85. The second-order valence-electron chi connectivity index (χ2n) is 2.83. The normalized spacial score (nSPS) is 10.9. The largest absolute Gasteiger partial charge is 0.478 e. The number of thiazole rings is 1. The summed E-state index contributed by atoms with van der Waals surface area (Å²) >= 11 is 1.41. The highest BCUT2D eigenvalue weighted by atomic mass is 32.1. The molecule has 0 atom stereocenters. The van der Waals surface area contributed by atoms with Gasteiger partial charge >= 0.3 is 5.97 Å². The Morgan fingerprint density at radius 2 is 2.47 bits per heavy atom. The van der Waals surface area contributed by atoms with Crippen LogP contribution in [0.1, 0.15) is 5.01 Å². The first kappa shape index (κ1) is 9.67. The first-order chi connectivity index (χ1) is 7.25. The van der Waals surface area contributed by atoms with Crippen molar-refractivity contribution in [2.75, 3.05) is 0 Å². The minimum Gasteiger partial charge on any atom is -0.478 e. The Morgan fingerprint density at radius 1 is 1.60 bits per heavy atom. The van der Waals surface area contributed by atoms with Gasteiger partial charge in [0.05, 0.1) is 11.4 Å². The number of rotatable bonds is 3. The van der Waals surface area contributed by atoms with Gasteiger partial charge in [-0.1, -0.05) is 0 Å². The van der Waals surface area contributed by atoms with Gasteiger partial charge in [-0.15, -0.1) is 11.3 Å². The Kier molecular flexibility index (Phi) is 2.64. The Balaban J connectivity index is 2.21. The number of nitrogens with zero attached hydrogens (tertiary/aromatic N) is 1. The third kappa shape index (κ3) is 2.32. The lowest BCUT2D eigenvalue weighted by atomic mass is 10.3. The zero-order chi connectivity index (χ0) is 10.7. The molecular formula is C10H8N2O2S. The van der Waals surface area contributed by atoms with Crippen LogP contribution in [-0.2, 0) is 4.79 Å². The van der Waals surface area contributed by atoms with Crippen LogP contribution in [0.2, 0.25) is 0 Å². The molecule has 2 rings (SSSR count). The van der Waals surface area contributed by atoms with E-state index in [0.717, 1.165) is 17.5 Å². The first-order valence-corrected chi connectivity index (χ1v) is 5.14. The number of carboxylic acids is 1. The van der Waals surface area contributed by atoms with Crippen molar-refractivity contribution in [3.8, 4) is 11.4 Å². The summed E-state index contributed by atoms with van der Waals surface area (Å²) in [5.74, 6) is -0.966. The molecule has 15 heavy (non-hydrogen) atoms. The molecule has 5 heteroatoms. The molecule has 0 saturated carbocycles. The zero-order valence-electron chi connectivity index (χ0n) is 7.68. The summed E-state index contributed by atoms with van der Waals surface area (Å²) < 4.78 is 0. The highest BCUT2D eigenvalue weighted by Gasteiger charge is 2.02. The molecule has 0 aliphatic heterocycles. The minimum atomic E-state index is -0.966. The van der Waals surface area contributed by atoms with E-state index in [0.29, 0.717) is 5.01 Å². The molecule has 0 spiro atoms. The molecule has 0 fully saturated rings. The fraction of sp³-hybridized carbons (Fsp3) is 0. The molecule has 4 nitrogen and oxygen atoms in total. The van der Waals surface area contributed by atoms with Crippen LogP contribution in [-0.4, -0.2) is 21.0 Å². The summed E-state index contributed by atoms with van der Waals surface area (Å²) in [5.41, 5.74) is 1.76. The number of hydrogen-bond acceptors (Lipinski definition) is 3. The molecule has 0 bridgehead atoms. The molecule has 0 amide bonds. The number of hydrogen-bond donors (Lipinski definition) is 2. The Bertz CT molecular complexity index is 485. The van der Waals surface area contributed by atoms with Gasteiger partial charge in [0, 0.05) is 17.7 Å². The SMILES string of the molecule is O=C(O)/C=C/c1nc(-c2ccc[nH]2)cs1. The maximum Gasteiger partial charge on any atom is 0.328 e. The van der Waals surface area contributed by atoms with Gasteiger partial charge in [-0.2, -0.15) is 0 Å². The molecular weight excluding hydrogens is 212 g/mol. The first-order valence-electron chi connectivity index (χ1n) is 4.26. The number of carbonyl (C=O) groups is 1. The molecule has 0 aromatic carbocycles. The molecule has 0 aliphatic rings. The predicted octanol–water partition coefficient (Wildman–Crippen LogP) is 2.24. The van der Waals surface area contributed by atoms with Gasteiger partial charge in [-0.05, 0) is 18.2 Å². The van der Waals surface area contributed by atoms with E-state index in [-0.39, 0.29) is 0 Å². The van der Waals surface area contributed by atoms with Crippen LogP contribution in [0.15, 0.2) is 29.8 Å². The van der Waals surface area contributed by atoms with E-state index in [1.165, 1.54) is 17.4 Å². The molecule has 0 aliphatic carbocycles. The smallest absolute Gasteiger partial charge is 0.328 e. The van der Waals surface area contributed by atoms with Crippen LogP contribution >= 0.6 is 11.3 Å². The monoisotopic (exact) mass is 220 g/mol. The summed E-state index contributed by atoms with van der Waals surface area (Å²) in [6.45, 7) is 0. The molecule has 0 unspecified atom stereocenters. The molecule has 76 valence electrons. The standard InChI is InChI=1S/C10H8N2O2S/c13-10(14)4-3-9-12-8(6-15-9)7-2-1-5-11-7/h1-6,11H,(H,13,14)/b4-3+. The predicted molar refractivity (Wildman–Crippen MR) is 58.6 cm³/mol. The lowest BCUT2D eigenvalue weighted by Crippen LogP contribution is -1.85. The van der Waals surface area contributed by atoms with Gasteiger partial charge in [0.25, 0.3) is 0 Å². The Labute approximate surface area is 89.9 Å². The maximum absolute atomic E-state index is 10.3. The van der Waals surface area contributed by atoms with Gasteiger partial charge in [-0.25, -0.2) is 9.78 Å². The van der Waals surface area contributed by atoms with Crippen LogP contribution in [0, 0.1) is 0 Å². The topological polar surface area (TPSA) is 66.0 Å². The lowest BCUT2D eigenvalue weighted by molar-refractivity contribution is -0.131. The van der Waals surface area contributed by atoms with Crippen molar-refractivity contribution < 1.29 is 9.90 Å². The number of aromatic nitrogens is 2. The summed E-state index contributed by atoms with van der Waals surface area (Å²) in [5, 5.41) is 11.0. The minimum absolute atomic E-state index is 0.682. The highest BCUT2D eigenvalue weighted by molar-refractivity contribution is 7.10. The number of nitrogens with one attached hydrogen (secondary N) is 1. The Morgan fingerprint density at radius 3 is 3.13 bits per heavy atom. The molecule has 2 aromatic heterocycles. The molecule has 0 saturated heterocycles. The van der Waals surface area contributed by atoms with Gasteiger partial charge in [0.15, 0.2) is 0 Å². The lowest BCUT2D eigenvalue weighted by Gasteiger charge is -1.87. The highest BCUT2D eigenvalue weighted by Crippen LogP contribution is 2.20. The quantitative estimate of drug-likeness (QED) is 0.779. The van der Waals surface area contributed by atoms with Crippen LogP contribution in [0.4, 0.5) is 0 Å². The Hall–Kier alpha value is -1.88. The number of H-pyrrole nitrogens is 1. The third-order valence-electron chi connectivity index (χ3n) is 1.76. The van der Waals surface area contributed by atoms with Crippen molar-refractivity contribution in [3.63, 3.8) is 0 Å². The van der Waals surface area contributed by atoms with Crippen LogP contribution < -0.4 is 0 Å². The van der Waals surface area contributed by atoms with Gasteiger partial charge < -0.3 is 10.1 Å². The van der Waals surface area contributed by atoms with E-state index in [1.807, 2.05) is 23.7 Å². The van der Waals surface area contributed by atoms with Gasteiger partial charge in [0.1, 0.15) is 5.01 Å². The summed E-state index contributed by atoms with van der Waals surface area (Å²) in [6, 6.07) is 3.81. The van der Waals surface area contributed by atoms with Crippen molar-refractivity contribution in [2.45, 2.75) is 0 Å². The van der Waals surface area contributed by atoms with Crippen molar-refractivity contribution in [1.82, 2.24) is 9.97 Å². The summed E-state index contributed by atoms with van der Waals surface area (Å²) in [4.78, 5) is 17.6.